The van der Waals surface area contributed by atoms with Gasteiger partial charge in [0.1, 0.15) is 17.7 Å². The molecule has 1 aliphatic heterocycles. The highest BCUT2D eigenvalue weighted by Gasteiger charge is 2.34. The molecule has 7 nitrogen and oxygen atoms in total. The minimum atomic E-state index is -0.584. The summed E-state index contributed by atoms with van der Waals surface area (Å²) in [6, 6.07) is 21.5. The van der Waals surface area contributed by atoms with Gasteiger partial charge in [-0.3, -0.25) is 15.0 Å². The number of carbonyl (C=O) groups is 2. The standard InChI is InChI=1S/C26H27N3O4/c1-3-4-17-33-21-15-11-19(12-16-21)25(30)28-29-24(18-9-13-20(32-2)14-10-18)27-23-8-6-5-7-22(23)26(29)31/h5-16,24,27H,3-4,17H2,1-2H3,(H,28,30)/t24-/m0/s1. The number of para-hydroxylation sites is 1. The Balaban J connectivity index is 1.57. The van der Waals surface area contributed by atoms with Crippen molar-refractivity contribution in [2.24, 2.45) is 0 Å². The van der Waals surface area contributed by atoms with Crippen LogP contribution in [0.3, 0.4) is 0 Å². The van der Waals surface area contributed by atoms with Gasteiger partial charge in [-0.05, 0) is 60.5 Å². The average molecular weight is 446 g/mol. The highest BCUT2D eigenvalue weighted by Crippen LogP contribution is 2.32. The molecule has 0 saturated carbocycles. The number of unbranched alkanes of at least 4 members (excludes halogenated alkanes) is 1. The van der Waals surface area contributed by atoms with Crippen molar-refractivity contribution in [3.63, 3.8) is 0 Å². The molecule has 0 spiro atoms. The summed E-state index contributed by atoms with van der Waals surface area (Å²) < 4.78 is 10.9. The van der Waals surface area contributed by atoms with E-state index in [1.807, 2.05) is 36.4 Å². The van der Waals surface area contributed by atoms with Crippen molar-refractivity contribution in [3.8, 4) is 11.5 Å². The summed E-state index contributed by atoms with van der Waals surface area (Å²) in [5, 5.41) is 4.69. The van der Waals surface area contributed by atoms with Crippen molar-refractivity contribution in [3.05, 3.63) is 89.5 Å². The van der Waals surface area contributed by atoms with Gasteiger partial charge in [-0.2, -0.15) is 0 Å². The lowest BCUT2D eigenvalue weighted by atomic mass is 10.0. The zero-order chi connectivity index (χ0) is 23.2. The molecule has 3 aromatic rings. The van der Waals surface area contributed by atoms with Gasteiger partial charge in [-0.15, -0.1) is 0 Å². The summed E-state index contributed by atoms with van der Waals surface area (Å²) in [5.41, 5.74) is 5.22. The number of amides is 2. The molecule has 0 fully saturated rings. The van der Waals surface area contributed by atoms with E-state index in [9.17, 15) is 9.59 Å². The number of carbonyl (C=O) groups excluding carboxylic acids is 2. The third-order valence-corrected chi connectivity index (χ3v) is 5.46. The molecule has 3 aromatic carbocycles. The number of hydrogen-bond acceptors (Lipinski definition) is 5. The average Bonchev–Trinajstić information content (AvgIpc) is 2.86. The normalized spacial score (nSPS) is 14.8. The maximum Gasteiger partial charge on any atom is 0.276 e. The Morgan fingerprint density at radius 3 is 2.39 bits per heavy atom. The molecule has 1 heterocycles. The second-order valence-electron chi connectivity index (χ2n) is 7.71. The third kappa shape index (κ3) is 4.92. The molecule has 0 radical (unpaired) electrons. The molecule has 1 atom stereocenters. The SMILES string of the molecule is CCCCOc1ccc(C(=O)NN2C(=O)c3ccccc3N[C@@H]2c2ccc(OC)cc2)cc1. The number of ether oxygens (including phenoxy) is 2. The number of methoxy groups -OCH3 is 1. The van der Waals surface area contributed by atoms with Crippen molar-refractivity contribution >= 4 is 17.5 Å². The van der Waals surface area contributed by atoms with Crippen LogP contribution >= 0.6 is 0 Å². The fourth-order valence-corrected chi connectivity index (χ4v) is 3.60. The van der Waals surface area contributed by atoms with E-state index in [2.05, 4.69) is 17.7 Å². The first kappa shape index (κ1) is 22.2. The monoisotopic (exact) mass is 445 g/mol. The molecule has 2 amide bonds. The van der Waals surface area contributed by atoms with Crippen molar-refractivity contribution < 1.29 is 19.1 Å². The van der Waals surface area contributed by atoms with Crippen LogP contribution in [0.1, 0.15) is 52.2 Å². The Morgan fingerprint density at radius 1 is 1.00 bits per heavy atom. The topological polar surface area (TPSA) is 79.9 Å². The molecular weight excluding hydrogens is 418 g/mol. The van der Waals surface area contributed by atoms with E-state index in [0.717, 1.165) is 18.4 Å². The number of nitrogens with zero attached hydrogens (tertiary/aromatic N) is 1. The summed E-state index contributed by atoms with van der Waals surface area (Å²) in [4.78, 5) is 26.3. The van der Waals surface area contributed by atoms with Crippen LogP contribution in [0, 0.1) is 0 Å². The molecule has 0 bridgehead atoms. The molecular formula is C26H27N3O4. The molecule has 33 heavy (non-hydrogen) atoms. The number of nitrogens with one attached hydrogen (secondary N) is 2. The Bertz CT molecular complexity index is 1110. The van der Waals surface area contributed by atoms with Gasteiger partial charge in [0.25, 0.3) is 11.8 Å². The van der Waals surface area contributed by atoms with E-state index in [4.69, 9.17) is 9.47 Å². The largest absolute Gasteiger partial charge is 0.497 e. The molecule has 4 rings (SSSR count). The Labute approximate surface area is 193 Å². The van der Waals surface area contributed by atoms with Crippen molar-refractivity contribution in [1.82, 2.24) is 10.4 Å². The summed E-state index contributed by atoms with van der Waals surface area (Å²) >= 11 is 0. The molecule has 0 aliphatic carbocycles. The minimum Gasteiger partial charge on any atom is -0.497 e. The number of anilines is 1. The predicted octanol–water partition coefficient (Wildman–Crippen LogP) is 4.79. The van der Waals surface area contributed by atoms with Crippen LogP contribution in [0.15, 0.2) is 72.8 Å². The molecule has 170 valence electrons. The number of fused-ring (bicyclic) bond motifs is 1. The van der Waals surface area contributed by atoms with Gasteiger partial charge >= 0.3 is 0 Å². The maximum absolute atomic E-state index is 13.3. The van der Waals surface area contributed by atoms with Crippen molar-refractivity contribution in [1.29, 1.82) is 0 Å². The lowest BCUT2D eigenvalue weighted by Crippen LogP contribution is -2.52. The van der Waals surface area contributed by atoms with Gasteiger partial charge in [0.2, 0.25) is 0 Å². The summed E-state index contributed by atoms with van der Waals surface area (Å²) in [5.74, 6) is 0.736. The first-order valence-corrected chi connectivity index (χ1v) is 11.0. The summed E-state index contributed by atoms with van der Waals surface area (Å²) in [6.45, 7) is 2.74. The Morgan fingerprint density at radius 2 is 1.70 bits per heavy atom. The zero-order valence-electron chi connectivity index (χ0n) is 18.7. The van der Waals surface area contributed by atoms with E-state index >= 15 is 0 Å². The van der Waals surface area contributed by atoms with Gasteiger partial charge < -0.3 is 14.8 Å². The van der Waals surface area contributed by atoms with Crippen LogP contribution in [-0.4, -0.2) is 30.5 Å². The highest BCUT2D eigenvalue weighted by atomic mass is 16.5. The lowest BCUT2D eigenvalue weighted by molar-refractivity contribution is 0.0491. The molecule has 0 saturated heterocycles. The molecule has 2 N–H and O–H groups in total. The number of rotatable bonds is 8. The van der Waals surface area contributed by atoms with Crippen LogP contribution in [-0.2, 0) is 0 Å². The van der Waals surface area contributed by atoms with Gasteiger partial charge in [0.15, 0.2) is 0 Å². The first-order valence-electron chi connectivity index (χ1n) is 11.0. The van der Waals surface area contributed by atoms with E-state index in [0.29, 0.717) is 34.9 Å². The van der Waals surface area contributed by atoms with Gasteiger partial charge in [-0.1, -0.05) is 37.6 Å². The van der Waals surface area contributed by atoms with Crippen LogP contribution in [0.4, 0.5) is 5.69 Å². The van der Waals surface area contributed by atoms with Crippen molar-refractivity contribution in [2.45, 2.75) is 25.9 Å². The number of hydrazine groups is 1. The van der Waals surface area contributed by atoms with Crippen LogP contribution in [0.5, 0.6) is 11.5 Å². The zero-order valence-corrected chi connectivity index (χ0v) is 18.7. The van der Waals surface area contributed by atoms with E-state index < -0.39 is 6.17 Å². The third-order valence-electron chi connectivity index (χ3n) is 5.46. The maximum atomic E-state index is 13.3. The van der Waals surface area contributed by atoms with Gasteiger partial charge in [-0.25, -0.2) is 5.01 Å². The summed E-state index contributed by atoms with van der Waals surface area (Å²) in [7, 11) is 1.60. The fourth-order valence-electron chi connectivity index (χ4n) is 3.60. The Hall–Kier alpha value is -4.00. The number of benzene rings is 3. The van der Waals surface area contributed by atoms with E-state index in [1.54, 1.807) is 43.5 Å². The quantitative estimate of drug-likeness (QED) is 0.488. The Kier molecular flexibility index (Phi) is 6.78. The molecule has 7 heteroatoms. The fraction of sp³-hybridized carbons (Fsp3) is 0.231. The van der Waals surface area contributed by atoms with Crippen LogP contribution < -0.4 is 20.2 Å². The van der Waals surface area contributed by atoms with Gasteiger partial charge in [0.05, 0.1) is 19.3 Å². The second-order valence-corrected chi connectivity index (χ2v) is 7.71. The molecule has 0 aromatic heterocycles. The molecule has 1 aliphatic rings. The van der Waals surface area contributed by atoms with Crippen LogP contribution in [0.2, 0.25) is 0 Å². The molecule has 0 unspecified atom stereocenters. The van der Waals surface area contributed by atoms with Crippen LogP contribution in [0.25, 0.3) is 0 Å². The van der Waals surface area contributed by atoms with E-state index in [-0.39, 0.29) is 11.8 Å². The summed E-state index contributed by atoms with van der Waals surface area (Å²) in [6.07, 6.45) is 1.44. The number of hydrogen-bond donors (Lipinski definition) is 2. The van der Waals surface area contributed by atoms with Crippen molar-refractivity contribution in [2.75, 3.05) is 19.0 Å². The predicted molar refractivity (Wildman–Crippen MR) is 126 cm³/mol. The lowest BCUT2D eigenvalue weighted by Gasteiger charge is -2.37. The van der Waals surface area contributed by atoms with E-state index in [1.165, 1.54) is 5.01 Å². The second kappa shape index (κ2) is 10.1. The highest BCUT2D eigenvalue weighted by molar-refractivity contribution is 6.04. The van der Waals surface area contributed by atoms with Gasteiger partial charge in [0, 0.05) is 11.3 Å². The minimum absolute atomic E-state index is 0.293. The smallest absolute Gasteiger partial charge is 0.276 e. The first-order chi connectivity index (χ1) is 16.1.